The number of nitrogens with one attached hydrogen (secondary N) is 4. The third kappa shape index (κ3) is 7.60. The van der Waals surface area contributed by atoms with E-state index in [1.54, 1.807) is 48.5 Å². The van der Waals surface area contributed by atoms with Crippen LogP contribution in [0.1, 0.15) is 18.9 Å². The summed E-state index contributed by atoms with van der Waals surface area (Å²) >= 11 is 0. The lowest BCUT2D eigenvalue weighted by molar-refractivity contribution is -0.116. The molecule has 0 saturated heterocycles. The van der Waals surface area contributed by atoms with Crippen molar-refractivity contribution >= 4 is 40.5 Å². The van der Waals surface area contributed by atoms with Gasteiger partial charge in [0.05, 0.1) is 6.54 Å². The molecule has 0 saturated carbocycles. The number of amides is 3. The van der Waals surface area contributed by atoms with Gasteiger partial charge in [-0.15, -0.1) is 0 Å². The minimum atomic E-state index is -0.219. The summed E-state index contributed by atoms with van der Waals surface area (Å²) in [5.41, 5.74) is 3.78. The summed E-state index contributed by atoms with van der Waals surface area (Å²) in [6.07, 6.45) is 1.05. The van der Waals surface area contributed by atoms with Crippen LogP contribution in [0, 0.1) is 0 Å². The largest absolute Gasteiger partial charge is 0.376 e. The number of aryl methyl sites for hydroxylation is 1. The maximum atomic E-state index is 12.3. The predicted molar refractivity (Wildman–Crippen MR) is 128 cm³/mol. The number of hydrogen-bond acceptors (Lipinski definition) is 4. The number of rotatable bonds is 9. The van der Waals surface area contributed by atoms with Crippen LogP contribution in [0.25, 0.3) is 0 Å². The van der Waals surface area contributed by atoms with Crippen molar-refractivity contribution in [3.05, 3.63) is 84.4 Å². The van der Waals surface area contributed by atoms with Gasteiger partial charge in [-0.3, -0.25) is 14.4 Å². The van der Waals surface area contributed by atoms with E-state index in [-0.39, 0.29) is 24.3 Å². The van der Waals surface area contributed by atoms with E-state index in [1.807, 2.05) is 30.3 Å². The van der Waals surface area contributed by atoms with Crippen LogP contribution < -0.4 is 21.3 Å². The molecule has 0 aliphatic heterocycles. The van der Waals surface area contributed by atoms with Gasteiger partial charge < -0.3 is 21.3 Å². The van der Waals surface area contributed by atoms with E-state index in [4.69, 9.17) is 0 Å². The molecule has 0 fully saturated rings. The van der Waals surface area contributed by atoms with E-state index in [2.05, 4.69) is 21.3 Å². The molecule has 0 radical (unpaired) electrons. The number of hydrogen-bond donors (Lipinski definition) is 4. The van der Waals surface area contributed by atoms with Crippen LogP contribution in [0.4, 0.5) is 22.7 Å². The molecule has 0 aliphatic rings. The normalized spacial score (nSPS) is 10.2. The molecule has 0 heterocycles. The Kier molecular flexibility index (Phi) is 7.97. The Labute approximate surface area is 187 Å². The number of carbonyl (C=O) groups is 3. The Morgan fingerprint density at radius 1 is 0.656 bits per heavy atom. The summed E-state index contributed by atoms with van der Waals surface area (Å²) in [5.74, 6) is -0.440. The molecule has 0 atom stereocenters. The van der Waals surface area contributed by atoms with E-state index < -0.39 is 0 Å². The zero-order valence-electron chi connectivity index (χ0n) is 17.9. The monoisotopic (exact) mass is 430 g/mol. The van der Waals surface area contributed by atoms with Gasteiger partial charge in [-0.1, -0.05) is 36.4 Å². The second-order valence-electron chi connectivity index (χ2n) is 7.27. The van der Waals surface area contributed by atoms with Crippen molar-refractivity contribution in [3.8, 4) is 0 Å². The van der Waals surface area contributed by atoms with E-state index in [0.717, 1.165) is 11.3 Å². The zero-order chi connectivity index (χ0) is 22.8. The Morgan fingerprint density at radius 2 is 1.28 bits per heavy atom. The summed E-state index contributed by atoms with van der Waals surface area (Å²) in [6.45, 7) is 1.52. The molecule has 4 N–H and O–H groups in total. The van der Waals surface area contributed by atoms with Crippen molar-refractivity contribution in [1.29, 1.82) is 0 Å². The number of anilines is 4. The van der Waals surface area contributed by atoms with Crippen LogP contribution >= 0.6 is 0 Å². The predicted octanol–water partition coefficient (Wildman–Crippen LogP) is 4.27. The Balaban J connectivity index is 1.45. The van der Waals surface area contributed by atoms with Crippen LogP contribution in [-0.4, -0.2) is 24.3 Å². The van der Waals surface area contributed by atoms with Crippen LogP contribution in [0.3, 0.4) is 0 Å². The first-order valence-electron chi connectivity index (χ1n) is 10.3. The molecule has 7 heteroatoms. The van der Waals surface area contributed by atoms with Gasteiger partial charge in [-0.2, -0.15) is 0 Å². The fourth-order valence-corrected chi connectivity index (χ4v) is 3.06. The van der Waals surface area contributed by atoms with E-state index in [1.165, 1.54) is 6.92 Å². The van der Waals surface area contributed by atoms with Gasteiger partial charge in [0.2, 0.25) is 17.7 Å². The molecule has 32 heavy (non-hydrogen) atoms. The molecule has 3 aromatic carbocycles. The lowest BCUT2D eigenvalue weighted by Gasteiger charge is -2.10. The molecule has 0 bridgehead atoms. The summed E-state index contributed by atoms with van der Waals surface area (Å²) in [6, 6.07) is 24.0. The average molecular weight is 431 g/mol. The van der Waals surface area contributed by atoms with Crippen molar-refractivity contribution in [2.45, 2.75) is 19.8 Å². The van der Waals surface area contributed by atoms with Crippen LogP contribution in [0.5, 0.6) is 0 Å². The molecule has 0 aromatic heterocycles. The summed E-state index contributed by atoms with van der Waals surface area (Å²) in [5, 5.41) is 11.4. The van der Waals surface area contributed by atoms with Crippen molar-refractivity contribution in [3.63, 3.8) is 0 Å². The second kappa shape index (κ2) is 11.3. The second-order valence-corrected chi connectivity index (χ2v) is 7.27. The molecule has 164 valence electrons. The van der Waals surface area contributed by atoms with Crippen molar-refractivity contribution in [1.82, 2.24) is 0 Å². The lowest BCUT2D eigenvalue weighted by atomic mass is 10.1. The molecule has 3 rings (SSSR count). The first-order valence-corrected chi connectivity index (χ1v) is 10.3. The molecule has 0 aliphatic carbocycles. The summed E-state index contributed by atoms with van der Waals surface area (Å²) in [7, 11) is 0. The first-order chi connectivity index (χ1) is 15.5. The third-order valence-corrected chi connectivity index (χ3v) is 4.57. The van der Waals surface area contributed by atoms with Crippen LogP contribution in [-0.2, 0) is 20.8 Å². The molecular weight excluding hydrogens is 404 g/mol. The van der Waals surface area contributed by atoms with E-state index in [9.17, 15) is 14.4 Å². The fourth-order valence-electron chi connectivity index (χ4n) is 3.06. The maximum Gasteiger partial charge on any atom is 0.243 e. The maximum absolute atomic E-state index is 12.3. The Bertz CT molecular complexity index is 1070. The molecule has 3 aromatic rings. The quantitative estimate of drug-likeness (QED) is 0.407. The highest BCUT2D eigenvalue weighted by atomic mass is 16.2. The topological polar surface area (TPSA) is 99.3 Å². The van der Waals surface area contributed by atoms with Crippen LogP contribution in [0.15, 0.2) is 78.9 Å². The Hall–Kier alpha value is -4.13. The van der Waals surface area contributed by atoms with Crippen molar-refractivity contribution < 1.29 is 14.4 Å². The molecule has 0 unspecified atom stereocenters. The lowest BCUT2D eigenvalue weighted by Crippen LogP contribution is -2.22. The third-order valence-electron chi connectivity index (χ3n) is 4.57. The van der Waals surface area contributed by atoms with Crippen LogP contribution in [0.2, 0.25) is 0 Å². The highest BCUT2D eigenvalue weighted by Gasteiger charge is 2.06. The van der Waals surface area contributed by atoms with Gasteiger partial charge >= 0.3 is 0 Å². The average Bonchev–Trinajstić information content (AvgIpc) is 2.78. The fraction of sp³-hybridized carbons (Fsp3) is 0.160. The smallest absolute Gasteiger partial charge is 0.243 e. The Morgan fingerprint density at radius 3 is 1.94 bits per heavy atom. The van der Waals surface area contributed by atoms with E-state index in [0.29, 0.717) is 29.9 Å². The summed E-state index contributed by atoms with van der Waals surface area (Å²) < 4.78 is 0. The standard InChI is InChI=1S/C25H26N4O3/c1-18(30)27-21-13-11-20(12-14-21)26-17-25(32)29-23-9-5-8-22(16-23)28-24(31)15-10-19-6-3-2-4-7-19/h2-9,11-14,16,26H,10,15,17H2,1H3,(H,27,30)(H,28,31)(H,29,32). The minimum Gasteiger partial charge on any atom is -0.376 e. The van der Waals surface area contributed by atoms with Gasteiger partial charge in [0.25, 0.3) is 0 Å². The molecule has 0 spiro atoms. The number of benzene rings is 3. The van der Waals surface area contributed by atoms with Crippen molar-refractivity contribution in [2.75, 3.05) is 27.8 Å². The van der Waals surface area contributed by atoms with Crippen molar-refractivity contribution in [2.24, 2.45) is 0 Å². The minimum absolute atomic E-state index is 0.0765. The van der Waals surface area contributed by atoms with Gasteiger partial charge in [0.15, 0.2) is 0 Å². The van der Waals surface area contributed by atoms with Gasteiger partial charge in [0, 0.05) is 36.1 Å². The molecule has 3 amide bonds. The number of carbonyl (C=O) groups excluding carboxylic acids is 3. The molecule has 7 nitrogen and oxygen atoms in total. The van der Waals surface area contributed by atoms with Gasteiger partial charge in [0.1, 0.15) is 0 Å². The summed E-state index contributed by atoms with van der Waals surface area (Å²) in [4.78, 5) is 35.6. The zero-order valence-corrected chi connectivity index (χ0v) is 17.9. The SMILES string of the molecule is CC(=O)Nc1ccc(NCC(=O)Nc2cccc(NC(=O)CCc3ccccc3)c2)cc1. The highest BCUT2D eigenvalue weighted by Crippen LogP contribution is 2.16. The van der Waals surface area contributed by atoms with E-state index >= 15 is 0 Å². The molecular formula is C25H26N4O3. The van der Waals surface area contributed by atoms with Gasteiger partial charge in [-0.05, 0) is 54.4 Å². The first kappa shape index (κ1) is 22.6. The van der Waals surface area contributed by atoms with Gasteiger partial charge in [-0.25, -0.2) is 0 Å². The highest BCUT2D eigenvalue weighted by molar-refractivity contribution is 5.96.